The minimum atomic E-state index is 0.179. The van der Waals surface area contributed by atoms with Crippen LogP contribution in [0.4, 0.5) is 0 Å². The van der Waals surface area contributed by atoms with Gasteiger partial charge in [0.15, 0.2) is 5.78 Å². The molecule has 18 heavy (non-hydrogen) atoms. The Morgan fingerprint density at radius 3 is 2.94 bits per heavy atom. The Morgan fingerprint density at radius 2 is 2.22 bits per heavy atom. The van der Waals surface area contributed by atoms with Crippen molar-refractivity contribution in [3.8, 4) is 0 Å². The lowest BCUT2D eigenvalue weighted by atomic mass is 9.77. The minimum Gasteiger partial charge on any atom is -0.294 e. The Hall–Kier alpha value is -0.340. The second-order valence-corrected chi connectivity index (χ2v) is 6.42. The zero-order chi connectivity index (χ0) is 13.1. The number of rotatable bonds is 3. The van der Waals surface area contributed by atoms with Crippen molar-refractivity contribution < 1.29 is 4.79 Å². The summed E-state index contributed by atoms with van der Waals surface area (Å²) in [6, 6.07) is 5.44. The molecular weight excluding hydrogens is 312 g/mol. The molecular formula is C15H18BrClO. The number of carbonyl (C=O) groups excluding carboxylic acids is 1. The Kier molecular flexibility index (Phi) is 4.85. The zero-order valence-corrected chi connectivity index (χ0v) is 12.9. The van der Waals surface area contributed by atoms with E-state index in [4.69, 9.17) is 11.6 Å². The summed E-state index contributed by atoms with van der Waals surface area (Å²) in [5, 5.41) is 0.629. The maximum absolute atomic E-state index is 12.5. The molecule has 1 fully saturated rings. The van der Waals surface area contributed by atoms with Gasteiger partial charge in [-0.05, 0) is 37.0 Å². The molecule has 0 bridgehead atoms. The first-order valence-corrected chi connectivity index (χ1v) is 7.78. The summed E-state index contributed by atoms with van der Waals surface area (Å²) >= 11 is 9.43. The van der Waals surface area contributed by atoms with Crippen LogP contribution in [0.5, 0.6) is 0 Å². The van der Waals surface area contributed by atoms with E-state index in [1.165, 1.54) is 19.3 Å². The third-order valence-electron chi connectivity index (χ3n) is 3.92. The SMILES string of the molecule is CCC1CCCC(C(=O)c2cc(Cl)ccc2Br)C1. The first-order chi connectivity index (χ1) is 8.61. The zero-order valence-electron chi connectivity index (χ0n) is 10.6. The van der Waals surface area contributed by atoms with Crippen molar-refractivity contribution >= 4 is 33.3 Å². The van der Waals surface area contributed by atoms with Crippen LogP contribution in [-0.4, -0.2) is 5.78 Å². The third kappa shape index (κ3) is 3.16. The molecule has 3 heteroatoms. The van der Waals surface area contributed by atoms with Gasteiger partial charge in [-0.15, -0.1) is 0 Å². The molecule has 1 aliphatic rings. The number of ketones is 1. The van der Waals surface area contributed by atoms with Crippen LogP contribution >= 0.6 is 27.5 Å². The molecule has 0 amide bonds. The fourth-order valence-electron chi connectivity index (χ4n) is 2.81. The summed E-state index contributed by atoms with van der Waals surface area (Å²) in [6.07, 6.45) is 5.69. The van der Waals surface area contributed by atoms with Gasteiger partial charge in [0.1, 0.15) is 0 Å². The molecule has 0 radical (unpaired) electrons. The highest BCUT2D eigenvalue weighted by atomic mass is 79.9. The smallest absolute Gasteiger partial charge is 0.167 e. The van der Waals surface area contributed by atoms with E-state index >= 15 is 0 Å². The molecule has 1 aromatic carbocycles. The van der Waals surface area contributed by atoms with E-state index in [0.717, 1.165) is 22.9 Å². The Balaban J connectivity index is 2.17. The molecule has 0 spiro atoms. The molecule has 1 aromatic rings. The average Bonchev–Trinajstić information content (AvgIpc) is 2.41. The fourth-order valence-corrected chi connectivity index (χ4v) is 3.42. The molecule has 98 valence electrons. The van der Waals surface area contributed by atoms with Gasteiger partial charge in [0.05, 0.1) is 0 Å². The molecule has 0 aliphatic heterocycles. The van der Waals surface area contributed by atoms with Crippen LogP contribution in [0.3, 0.4) is 0 Å². The number of Topliss-reactive ketones (excluding diaryl/α,β-unsaturated/α-hetero) is 1. The van der Waals surface area contributed by atoms with Crippen molar-refractivity contribution in [1.82, 2.24) is 0 Å². The van der Waals surface area contributed by atoms with E-state index < -0.39 is 0 Å². The van der Waals surface area contributed by atoms with Gasteiger partial charge in [0.25, 0.3) is 0 Å². The maximum Gasteiger partial charge on any atom is 0.167 e. The molecule has 0 aromatic heterocycles. The number of carbonyl (C=O) groups is 1. The molecule has 1 saturated carbocycles. The van der Waals surface area contributed by atoms with Crippen LogP contribution in [0.15, 0.2) is 22.7 Å². The Bertz CT molecular complexity index is 444. The van der Waals surface area contributed by atoms with E-state index in [2.05, 4.69) is 22.9 Å². The second kappa shape index (κ2) is 6.21. The highest BCUT2D eigenvalue weighted by Crippen LogP contribution is 2.34. The lowest BCUT2D eigenvalue weighted by molar-refractivity contribution is 0.0861. The topological polar surface area (TPSA) is 17.1 Å². The summed E-state index contributed by atoms with van der Waals surface area (Å²) in [5.74, 6) is 1.15. The van der Waals surface area contributed by atoms with Crippen LogP contribution in [0, 0.1) is 11.8 Å². The molecule has 0 saturated heterocycles. The quantitative estimate of drug-likeness (QED) is 0.669. The van der Waals surface area contributed by atoms with E-state index in [-0.39, 0.29) is 11.7 Å². The van der Waals surface area contributed by atoms with E-state index in [1.54, 1.807) is 12.1 Å². The standard InChI is InChI=1S/C15H18BrClO/c1-2-10-4-3-5-11(8-10)15(18)13-9-12(17)6-7-14(13)16/h6-7,9-11H,2-5,8H2,1H3. The van der Waals surface area contributed by atoms with Gasteiger partial charge in [-0.2, -0.15) is 0 Å². The lowest BCUT2D eigenvalue weighted by Crippen LogP contribution is -2.23. The molecule has 2 rings (SSSR count). The van der Waals surface area contributed by atoms with Gasteiger partial charge in [0, 0.05) is 21.0 Å². The Morgan fingerprint density at radius 1 is 1.44 bits per heavy atom. The predicted octanol–water partition coefficient (Wildman–Crippen LogP) is 5.50. The van der Waals surface area contributed by atoms with Crippen molar-refractivity contribution in [3.05, 3.63) is 33.3 Å². The van der Waals surface area contributed by atoms with E-state index in [0.29, 0.717) is 10.9 Å². The maximum atomic E-state index is 12.5. The fraction of sp³-hybridized carbons (Fsp3) is 0.533. The van der Waals surface area contributed by atoms with Crippen molar-refractivity contribution in [2.75, 3.05) is 0 Å². The van der Waals surface area contributed by atoms with Crippen LogP contribution in [0.2, 0.25) is 5.02 Å². The van der Waals surface area contributed by atoms with Gasteiger partial charge in [-0.1, -0.05) is 53.7 Å². The third-order valence-corrected chi connectivity index (χ3v) is 4.85. The largest absolute Gasteiger partial charge is 0.294 e. The molecule has 2 unspecified atom stereocenters. The first-order valence-electron chi connectivity index (χ1n) is 6.61. The van der Waals surface area contributed by atoms with Crippen LogP contribution in [-0.2, 0) is 0 Å². The summed E-state index contributed by atoms with van der Waals surface area (Å²) in [5.41, 5.74) is 0.740. The summed E-state index contributed by atoms with van der Waals surface area (Å²) in [7, 11) is 0. The number of hydrogen-bond donors (Lipinski definition) is 0. The number of benzene rings is 1. The van der Waals surface area contributed by atoms with Crippen molar-refractivity contribution in [2.45, 2.75) is 39.0 Å². The van der Waals surface area contributed by atoms with Crippen molar-refractivity contribution in [2.24, 2.45) is 11.8 Å². The molecule has 0 heterocycles. The molecule has 0 N–H and O–H groups in total. The van der Waals surface area contributed by atoms with Gasteiger partial charge in [-0.25, -0.2) is 0 Å². The Labute approximate surface area is 122 Å². The van der Waals surface area contributed by atoms with Crippen molar-refractivity contribution in [3.63, 3.8) is 0 Å². The number of halogens is 2. The van der Waals surface area contributed by atoms with Gasteiger partial charge in [-0.3, -0.25) is 4.79 Å². The summed E-state index contributed by atoms with van der Waals surface area (Å²) in [6.45, 7) is 2.22. The van der Waals surface area contributed by atoms with Crippen LogP contribution in [0.25, 0.3) is 0 Å². The summed E-state index contributed by atoms with van der Waals surface area (Å²) < 4.78 is 0.857. The van der Waals surface area contributed by atoms with Crippen molar-refractivity contribution in [1.29, 1.82) is 0 Å². The highest BCUT2D eigenvalue weighted by Gasteiger charge is 2.28. The lowest BCUT2D eigenvalue weighted by Gasteiger charge is -2.27. The van der Waals surface area contributed by atoms with Crippen LogP contribution < -0.4 is 0 Å². The first kappa shape index (κ1) is 14.1. The van der Waals surface area contributed by atoms with Gasteiger partial charge in [0.2, 0.25) is 0 Å². The normalized spacial score (nSPS) is 23.9. The summed E-state index contributed by atoms with van der Waals surface area (Å²) in [4.78, 5) is 12.5. The van der Waals surface area contributed by atoms with Crippen LogP contribution in [0.1, 0.15) is 49.4 Å². The number of hydrogen-bond acceptors (Lipinski definition) is 1. The minimum absolute atomic E-state index is 0.179. The molecule has 1 aliphatic carbocycles. The second-order valence-electron chi connectivity index (χ2n) is 5.13. The van der Waals surface area contributed by atoms with E-state index in [9.17, 15) is 4.79 Å². The molecule has 1 nitrogen and oxygen atoms in total. The highest BCUT2D eigenvalue weighted by molar-refractivity contribution is 9.10. The van der Waals surface area contributed by atoms with Gasteiger partial charge < -0.3 is 0 Å². The monoisotopic (exact) mass is 328 g/mol. The molecule has 2 atom stereocenters. The van der Waals surface area contributed by atoms with Gasteiger partial charge >= 0.3 is 0 Å². The predicted molar refractivity (Wildman–Crippen MR) is 79.2 cm³/mol. The van der Waals surface area contributed by atoms with E-state index in [1.807, 2.05) is 6.07 Å². The average molecular weight is 330 g/mol.